The maximum atomic E-state index is 13.7. The SMILES string of the molecule is COc1ccc(-c2oc3c(CC=C(C)C)c(OCCCC(=O)O)cc(O)c3c(=O)c2OCCCC(=O)O)cc1. The Balaban J connectivity index is 2.22. The number of phenols is 1. The molecule has 10 heteroatoms. The number of fused-ring (bicyclic) bond motifs is 1. The number of methoxy groups -OCH3 is 1. The molecule has 3 aromatic rings. The molecule has 3 N–H and O–H groups in total. The van der Waals surface area contributed by atoms with Gasteiger partial charge in [-0.15, -0.1) is 0 Å². The van der Waals surface area contributed by atoms with Crippen LogP contribution in [-0.2, 0) is 16.0 Å². The molecule has 3 rings (SSSR count). The fourth-order valence-corrected chi connectivity index (χ4v) is 3.85. The third kappa shape index (κ3) is 7.53. The van der Waals surface area contributed by atoms with Crippen LogP contribution in [0.1, 0.15) is 45.1 Å². The van der Waals surface area contributed by atoms with E-state index in [4.69, 9.17) is 28.8 Å². The van der Waals surface area contributed by atoms with Crippen LogP contribution in [0.15, 0.2) is 51.2 Å². The van der Waals surface area contributed by atoms with E-state index in [-0.39, 0.29) is 72.9 Å². The zero-order chi connectivity index (χ0) is 28.5. The lowest BCUT2D eigenvalue weighted by atomic mass is 10.0. The number of rotatable bonds is 14. The number of hydrogen-bond acceptors (Lipinski definition) is 8. The topological polar surface area (TPSA) is 153 Å². The van der Waals surface area contributed by atoms with Crippen molar-refractivity contribution in [2.45, 2.75) is 46.0 Å². The molecule has 1 heterocycles. The van der Waals surface area contributed by atoms with Crippen molar-refractivity contribution < 1.29 is 43.5 Å². The van der Waals surface area contributed by atoms with Gasteiger partial charge in [-0.1, -0.05) is 11.6 Å². The van der Waals surface area contributed by atoms with Gasteiger partial charge >= 0.3 is 11.9 Å². The van der Waals surface area contributed by atoms with Crippen LogP contribution in [0.4, 0.5) is 0 Å². The van der Waals surface area contributed by atoms with E-state index in [0.717, 1.165) is 5.57 Å². The monoisotopic (exact) mass is 540 g/mol. The zero-order valence-corrected chi connectivity index (χ0v) is 22.1. The summed E-state index contributed by atoms with van der Waals surface area (Å²) in [7, 11) is 1.53. The standard InChI is InChI=1S/C29H32O10/c1-17(2)8-13-20-22(37-14-4-6-23(31)32)16-21(30)25-26(35)29(38-15-5-7-24(33)34)27(39-28(20)25)18-9-11-19(36-3)12-10-18/h8-12,16,30H,4-7,13-15H2,1-3H3,(H,31,32)(H,33,34). The molecule has 10 nitrogen and oxygen atoms in total. The average Bonchev–Trinajstić information content (AvgIpc) is 2.88. The minimum absolute atomic E-state index is 0.0537. The van der Waals surface area contributed by atoms with Crippen molar-refractivity contribution >= 4 is 22.9 Å². The predicted molar refractivity (Wildman–Crippen MR) is 144 cm³/mol. The van der Waals surface area contributed by atoms with Gasteiger partial charge in [0.15, 0.2) is 5.76 Å². The molecule has 0 aliphatic carbocycles. The number of phenolic OH excluding ortho intramolecular Hbond substituents is 1. The fourth-order valence-electron chi connectivity index (χ4n) is 3.85. The van der Waals surface area contributed by atoms with Crippen LogP contribution in [0.5, 0.6) is 23.0 Å². The molecule has 0 amide bonds. The van der Waals surface area contributed by atoms with Crippen LogP contribution in [0.3, 0.4) is 0 Å². The van der Waals surface area contributed by atoms with Crippen molar-refractivity contribution in [1.82, 2.24) is 0 Å². The molecule has 0 fully saturated rings. The summed E-state index contributed by atoms with van der Waals surface area (Å²) in [4.78, 5) is 35.5. The van der Waals surface area contributed by atoms with Gasteiger partial charge in [-0.3, -0.25) is 14.4 Å². The summed E-state index contributed by atoms with van der Waals surface area (Å²) in [6, 6.07) is 8.08. The molecule has 0 spiro atoms. The molecule has 0 saturated heterocycles. The van der Waals surface area contributed by atoms with Gasteiger partial charge in [0.2, 0.25) is 11.2 Å². The van der Waals surface area contributed by atoms with Crippen LogP contribution in [0.25, 0.3) is 22.3 Å². The lowest BCUT2D eigenvalue weighted by Crippen LogP contribution is -2.13. The third-order valence-corrected chi connectivity index (χ3v) is 5.81. The van der Waals surface area contributed by atoms with Gasteiger partial charge in [0.1, 0.15) is 28.2 Å². The molecule has 0 radical (unpaired) electrons. The first-order valence-corrected chi connectivity index (χ1v) is 12.4. The second-order valence-corrected chi connectivity index (χ2v) is 9.07. The number of aliphatic carboxylic acids is 2. The number of hydrogen-bond donors (Lipinski definition) is 3. The number of benzene rings is 2. The minimum atomic E-state index is -0.989. The van der Waals surface area contributed by atoms with Gasteiger partial charge in [0, 0.05) is 30.0 Å². The number of ether oxygens (including phenoxy) is 3. The van der Waals surface area contributed by atoms with Gasteiger partial charge in [0.25, 0.3) is 0 Å². The summed E-state index contributed by atoms with van der Waals surface area (Å²) in [5.41, 5.74) is 1.50. The van der Waals surface area contributed by atoms with Crippen LogP contribution in [0, 0.1) is 0 Å². The Kier molecular flexibility index (Phi) is 9.97. The molecule has 0 saturated carbocycles. The highest BCUT2D eigenvalue weighted by Gasteiger charge is 2.24. The summed E-state index contributed by atoms with van der Waals surface area (Å²) >= 11 is 0. The molecule has 208 valence electrons. The first-order valence-electron chi connectivity index (χ1n) is 12.4. The van der Waals surface area contributed by atoms with E-state index in [2.05, 4.69) is 0 Å². The molecule has 1 aromatic heterocycles. The Labute approximate surface area is 225 Å². The highest BCUT2D eigenvalue weighted by Crippen LogP contribution is 2.40. The Bertz CT molecular complexity index is 1410. The minimum Gasteiger partial charge on any atom is -0.507 e. The number of allylic oxidation sites excluding steroid dienone is 2. The first kappa shape index (κ1) is 29.1. The Hall–Kier alpha value is -4.47. The molecule has 0 aliphatic rings. The van der Waals surface area contributed by atoms with Crippen molar-refractivity contribution in [3.8, 4) is 34.3 Å². The van der Waals surface area contributed by atoms with Gasteiger partial charge in [0.05, 0.1) is 20.3 Å². The Morgan fingerprint density at radius 1 is 0.974 bits per heavy atom. The smallest absolute Gasteiger partial charge is 0.303 e. The fraction of sp³-hybridized carbons (Fsp3) is 0.345. The Morgan fingerprint density at radius 3 is 2.15 bits per heavy atom. The van der Waals surface area contributed by atoms with Gasteiger partial charge in [-0.2, -0.15) is 0 Å². The zero-order valence-electron chi connectivity index (χ0n) is 22.1. The van der Waals surface area contributed by atoms with Crippen LogP contribution >= 0.6 is 0 Å². The summed E-state index contributed by atoms with van der Waals surface area (Å²) < 4.78 is 23.1. The van der Waals surface area contributed by atoms with Crippen molar-refractivity contribution in [2.75, 3.05) is 20.3 Å². The first-order chi connectivity index (χ1) is 18.6. The number of carboxylic acid groups (broad SMARTS) is 2. The van der Waals surface area contributed by atoms with E-state index < -0.39 is 17.4 Å². The van der Waals surface area contributed by atoms with E-state index in [9.17, 15) is 19.5 Å². The second-order valence-electron chi connectivity index (χ2n) is 9.07. The summed E-state index contributed by atoms with van der Waals surface area (Å²) in [6.45, 7) is 3.86. The normalized spacial score (nSPS) is 10.7. The number of carboxylic acids is 2. The number of carbonyl (C=O) groups is 2. The quantitative estimate of drug-likeness (QED) is 0.184. The van der Waals surface area contributed by atoms with E-state index >= 15 is 0 Å². The van der Waals surface area contributed by atoms with Crippen molar-refractivity contribution in [1.29, 1.82) is 0 Å². The average molecular weight is 541 g/mol. The molecular formula is C29H32O10. The molecular weight excluding hydrogens is 508 g/mol. The summed E-state index contributed by atoms with van der Waals surface area (Å²) in [5, 5.41) is 28.7. The molecule has 0 unspecified atom stereocenters. The molecule has 39 heavy (non-hydrogen) atoms. The van der Waals surface area contributed by atoms with E-state index in [1.165, 1.54) is 13.2 Å². The lowest BCUT2D eigenvalue weighted by Gasteiger charge is -2.17. The highest BCUT2D eigenvalue weighted by atomic mass is 16.5. The number of aromatic hydroxyl groups is 1. The van der Waals surface area contributed by atoms with Crippen molar-refractivity contribution in [3.63, 3.8) is 0 Å². The summed E-state index contributed by atoms with van der Waals surface area (Å²) in [6.07, 6.45) is 2.42. The molecule has 0 atom stereocenters. The van der Waals surface area contributed by atoms with Gasteiger partial charge < -0.3 is 33.9 Å². The molecule has 0 bridgehead atoms. The van der Waals surface area contributed by atoms with E-state index in [1.54, 1.807) is 24.3 Å². The maximum Gasteiger partial charge on any atom is 0.303 e. The van der Waals surface area contributed by atoms with Crippen LogP contribution in [0.2, 0.25) is 0 Å². The van der Waals surface area contributed by atoms with Gasteiger partial charge in [-0.05, 0) is 57.4 Å². The van der Waals surface area contributed by atoms with E-state index in [1.807, 2.05) is 19.9 Å². The second kappa shape index (κ2) is 13.4. The van der Waals surface area contributed by atoms with E-state index in [0.29, 0.717) is 23.3 Å². The largest absolute Gasteiger partial charge is 0.507 e. The molecule has 0 aliphatic heterocycles. The molecule has 2 aromatic carbocycles. The Morgan fingerprint density at radius 2 is 1.59 bits per heavy atom. The van der Waals surface area contributed by atoms with Crippen LogP contribution in [-0.4, -0.2) is 47.6 Å². The predicted octanol–water partition coefficient (Wildman–Crippen LogP) is 5.17. The highest BCUT2D eigenvalue weighted by molar-refractivity contribution is 5.91. The van der Waals surface area contributed by atoms with Crippen molar-refractivity contribution in [3.05, 3.63) is 57.8 Å². The van der Waals surface area contributed by atoms with Gasteiger partial charge in [-0.25, -0.2) is 0 Å². The lowest BCUT2D eigenvalue weighted by molar-refractivity contribution is -0.138. The summed E-state index contributed by atoms with van der Waals surface area (Å²) in [5.74, 6) is -1.52. The maximum absolute atomic E-state index is 13.7. The van der Waals surface area contributed by atoms with Crippen molar-refractivity contribution in [2.24, 2.45) is 0 Å². The van der Waals surface area contributed by atoms with Crippen LogP contribution < -0.4 is 19.6 Å². The third-order valence-electron chi connectivity index (χ3n) is 5.81.